The van der Waals surface area contributed by atoms with Gasteiger partial charge in [0.25, 0.3) is 0 Å². The van der Waals surface area contributed by atoms with Gasteiger partial charge in [0.1, 0.15) is 0 Å². The summed E-state index contributed by atoms with van der Waals surface area (Å²) < 4.78 is 16.1. The minimum atomic E-state index is 0.554. The zero-order valence-electron chi connectivity index (χ0n) is 14.4. The van der Waals surface area contributed by atoms with Crippen molar-refractivity contribution in [1.82, 2.24) is 0 Å². The summed E-state index contributed by atoms with van der Waals surface area (Å²) in [7, 11) is 4.75. The maximum Gasteiger partial charge on any atom is 0.203 e. The lowest BCUT2D eigenvalue weighted by Gasteiger charge is -2.14. The highest BCUT2D eigenvalue weighted by molar-refractivity contribution is 6.30. The predicted molar refractivity (Wildman–Crippen MR) is 98.1 cm³/mol. The minimum Gasteiger partial charge on any atom is -0.493 e. The molecule has 0 saturated heterocycles. The van der Waals surface area contributed by atoms with Crippen LogP contribution in [0.15, 0.2) is 35.4 Å². The van der Waals surface area contributed by atoms with Gasteiger partial charge >= 0.3 is 0 Å². The van der Waals surface area contributed by atoms with Gasteiger partial charge in [0.05, 0.1) is 32.7 Å². The summed E-state index contributed by atoms with van der Waals surface area (Å²) in [6.07, 6.45) is 0. The Morgan fingerprint density at radius 3 is 2.12 bits per heavy atom. The Morgan fingerprint density at radius 1 is 1.00 bits per heavy atom. The van der Waals surface area contributed by atoms with Crippen molar-refractivity contribution in [3.8, 4) is 17.2 Å². The third-order valence-corrected chi connectivity index (χ3v) is 3.85. The van der Waals surface area contributed by atoms with E-state index in [0.717, 1.165) is 22.5 Å². The zero-order valence-corrected chi connectivity index (χ0v) is 15.2. The molecule has 0 aromatic heterocycles. The van der Waals surface area contributed by atoms with Crippen LogP contribution in [-0.2, 0) is 0 Å². The van der Waals surface area contributed by atoms with Gasteiger partial charge in [-0.2, -0.15) is 5.10 Å². The molecule has 128 valence electrons. The van der Waals surface area contributed by atoms with Crippen molar-refractivity contribution in [3.63, 3.8) is 0 Å². The standard InChI is InChI=1S/C18H21ClN2O3/c1-11-8-14(19)6-7-15(11)21-20-12(2)13-9-16(22-3)18(24-5)17(10-13)23-4/h6-10,21H,1-5H3/b20-12+. The first-order chi connectivity index (χ1) is 11.5. The van der Waals surface area contributed by atoms with E-state index in [1.165, 1.54) is 0 Å². The van der Waals surface area contributed by atoms with Crippen LogP contribution in [0.25, 0.3) is 0 Å². The van der Waals surface area contributed by atoms with E-state index in [2.05, 4.69) is 10.5 Å². The molecule has 1 N–H and O–H groups in total. The number of hydrogen-bond acceptors (Lipinski definition) is 5. The normalized spacial score (nSPS) is 11.2. The second-order valence-electron chi connectivity index (χ2n) is 5.18. The number of nitrogens with zero attached hydrogens (tertiary/aromatic N) is 1. The van der Waals surface area contributed by atoms with E-state index in [-0.39, 0.29) is 0 Å². The molecule has 0 spiro atoms. The highest BCUT2D eigenvalue weighted by Crippen LogP contribution is 2.38. The largest absolute Gasteiger partial charge is 0.493 e. The number of aryl methyl sites for hydroxylation is 1. The molecule has 5 nitrogen and oxygen atoms in total. The fourth-order valence-corrected chi connectivity index (χ4v) is 2.48. The number of rotatable bonds is 6. The van der Waals surface area contributed by atoms with Crippen LogP contribution in [0.2, 0.25) is 5.02 Å². The molecule has 6 heteroatoms. The Kier molecular flexibility index (Phi) is 5.93. The SMILES string of the molecule is COc1cc(/C(C)=N/Nc2ccc(Cl)cc2C)cc(OC)c1OC. The maximum absolute atomic E-state index is 5.97. The lowest BCUT2D eigenvalue weighted by Crippen LogP contribution is -2.03. The first-order valence-corrected chi connectivity index (χ1v) is 7.74. The molecule has 2 aromatic carbocycles. The molecule has 0 unspecified atom stereocenters. The number of anilines is 1. The Labute approximate surface area is 147 Å². The highest BCUT2D eigenvalue weighted by atomic mass is 35.5. The zero-order chi connectivity index (χ0) is 17.7. The number of methoxy groups -OCH3 is 3. The van der Waals surface area contributed by atoms with Gasteiger partial charge < -0.3 is 14.2 Å². The molecular weight excluding hydrogens is 328 g/mol. The van der Waals surface area contributed by atoms with E-state index in [1.807, 2.05) is 44.2 Å². The monoisotopic (exact) mass is 348 g/mol. The van der Waals surface area contributed by atoms with Crippen molar-refractivity contribution in [2.75, 3.05) is 26.8 Å². The second-order valence-corrected chi connectivity index (χ2v) is 5.62. The first-order valence-electron chi connectivity index (χ1n) is 7.37. The third-order valence-electron chi connectivity index (χ3n) is 3.62. The molecule has 0 radical (unpaired) electrons. The summed E-state index contributed by atoms with van der Waals surface area (Å²) in [5, 5.41) is 5.13. The molecule has 2 aromatic rings. The van der Waals surface area contributed by atoms with Crippen molar-refractivity contribution < 1.29 is 14.2 Å². The Bertz CT molecular complexity index is 735. The molecule has 0 amide bonds. The molecule has 24 heavy (non-hydrogen) atoms. The van der Waals surface area contributed by atoms with E-state index in [0.29, 0.717) is 22.3 Å². The topological polar surface area (TPSA) is 52.1 Å². The lowest BCUT2D eigenvalue weighted by atomic mass is 10.1. The fraction of sp³-hybridized carbons (Fsp3) is 0.278. The fourth-order valence-electron chi connectivity index (χ4n) is 2.25. The molecule has 0 aliphatic carbocycles. The van der Waals surface area contributed by atoms with Gasteiger partial charge in [-0.3, -0.25) is 5.43 Å². The number of nitrogens with one attached hydrogen (secondary N) is 1. The summed E-state index contributed by atoms with van der Waals surface area (Å²) >= 11 is 5.97. The minimum absolute atomic E-state index is 0.554. The number of halogens is 1. The van der Waals surface area contributed by atoms with E-state index in [9.17, 15) is 0 Å². The van der Waals surface area contributed by atoms with Crippen LogP contribution in [0, 0.1) is 6.92 Å². The van der Waals surface area contributed by atoms with Gasteiger partial charge in [-0.15, -0.1) is 0 Å². The maximum atomic E-state index is 5.97. The van der Waals surface area contributed by atoms with Crippen molar-refractivity contribution in [2.45, 2.75) is 13.8 Å². The molecule has 0 fully saturated rings. The summed E-state index contributed by atoms with van der Waals surface area (Å²) in [6, 6.07) is 9.31. The second kappa shape index (κ2) is 7.93. The molecule has 2 rings (SSSR count). The summed E-state index contributed by atoms with van der Waals surface area (Å²) in [4.78, 5) is 0. The molecule has 0 aliphatic rings. The summed E-state index contributed by atoms with van der Waals surface area (Å²) in [6.45, 7) is 3.87. The van der Waals surface area contributed by atoms with Crippen LogP contribution in [0.3, 0.4) is 0 Å². The summed E-state index contributed by atoms with van der Waals surface area (Å²) in [5.74, 6) is 1.73. The first kappa shape index (κ1) is 17.9. The Hall–Kier alpha value is -2.40. The van der Waals surface area contributed by atoms with Crippen molar-refractivity contribution in [2.24, 2.45) is 5.10 Å². The van der Waals surface area contributed by atoms with E-state index in [4.69, 9.17) is 25.8 Å². The van der Waals surface area contributed by atoms with Gasteiger partial charge in [-0.05, 0) is 49.7 Å². The predicted octanol–water partition coefficient (Wildman–Crippen LogP) is 4.51. The van der Waals surface area contributed by atoms with Crippen molar-refractivity contribution >= 4 is 23.0 Å². The van der Waals surface area contributed by atoms with Crippen LogP contribution in [0.5, 0.6) is 17.2 Å². The van der Waals surface area contributed by atoms with Crippen LogP contribution >= 0.6 is 11.6 Å². The molecule has 0 heterocycles. The van der Waals surface area contributed by atoms with Crippen LogP contribution in [-0.4, -0.2) is 27.0 Å². The quantitative estimate of drug-likeness (QED) is 0.616. The molecule has 0 atom stereocenters. The number of benzene rings is 2. The molecule has 0 bridgehead atoms. The number of hydrogen-bond donors (Lipinski definition) is 1. The summed E-state index contributed by atoms with van der Waals surface area (Å²) in [5.41, 5.74) is 6.62. The van der Waals surface area contributed by atoms with Gasteiger partial charge in [0.2, 0.25) is 5.75 Å². The number of ether oxygens (including phenoxy) is 3. The average Bonchev–Trinajstić information content (AvgIpc) is 2.59. The van der Waals surface area contributed by atoms with E-state index < -0.39 is 0 Å². The van der Waals surface area contributed by atoms with E-state index >= 15 is 0 Å². The third kappa shape index (κ3) is 3.92. The Balaban J connectivity index is 2.32. The molecule has 0 aliphatic heterocycles. The van der Waals surface area contributed by atoms with Gasteiger partial charge in [0, 0.05) is 10.6 Å². The van der Waals surface area contributed by atoms with Crippen LogP contribution < -0.4 is 19.6 Å². The van der Waals surface area contributed by atoms with Crippen LogP contribution in [0.1, 0.15) is 18.1 Å². The number of hydrazone groups is 1. The lowest BCUT2D eigenvalue weighted by molar-refractivity contribution is 0.324. The highest BCUT2D eigenvalue weighted by Gasteiger charge is 2.14. The van der Waals surface area contributed by atoms with Gasteiger partial charge in [0.15, 0.2) is 11.5 Å². The Morgan fingerprint density at radius 2 is 1.62 bits per heavy atom. The van der Waals surface area contributed by atoms with Crippen molar-refractivity contribution in [1.29, 1.82) is 0 Å². The average molecular weight is 349 g/mol. The smallest absolute Gasteiger partial charge is 0.203 e. The molecular formula is C18H21ClN2O3. The van der Waals surface area contributed by atoms with Crippen LogP contribution in [0.4, 0.5) is 5.69 Å². The van der Waals surface area contributed by atoms with Crippen molar-refractivity contribution in [3.05, 3.63) is 46.5 Å². The van der Waals surface area contributed by atoms with E-state index in [1.54, 1.807) is 21.3 Å². The molecule has 0 saturated carbocycles. The van der Waals surface area contributed by atoms with Gasteiger partial charge in [-0.25, -0.2) is 0 Å². The van der Waals surface area contributed by atoms with Gasteiger partial charge in [-0.1, -0.05) is 11.6 Å².